The van der Waals surface area contributed by atoms with Gasteiger partial charge in [-0.1, -0.05) is 36.4 Å². The number of nitrogens with zero attached hydrogens (tertiary/aromatic N) is 2. The smallest absolute Gasteiger partial charge is 0.251 e. The molecule has 8 nitrogen and oxygen atoms in total. The SMILES string of the molecule is CNCC(=O)Nc1cc(C(=O)N[C@H](C)c2ccc(F)cc2)cc(-c2cnc(-c3cc4ccccc4cn3)[nH]2)c1. The highest BCUT2D eigenvalue weighted by molar-refractivity contribution is 5.99. The second-order valence-electron chi connectivity index (χ2n) is 9.19. The number of likely N-dealkylation sites (N-methyl/N-ethyl adjacent to an activating group) is 1. The number of hydrogen-bond donors (Lipinski definition) is 4. The van der Waals surface area contributed by atoms with Crippen molar-refractivity contribution in [2.24, 2.45) is 0 Å². The number of anilines is 1. The van der Waals surface area contributed by atoms with Gasteiger partial charge in [-0.3, -0.25) is 14.6 Å². The zero-order valence-corrected chi connectivity index (χ0v) is 21.5. The largest absolute Gasteiger partial charge is 0.346 e. The van der Waals surface area contributed by atoms with Crippen LogP contribution in [-0.2, 0) is 4.79 Å². The van der Waals surface area contributed by atoms with E-state index in [0.717, 1.165) is 16.3 Å². The molecule has 0 saturated heterocycles. The molecule has 2 amide bonds. The van der Waals surface area contributed by atoms with Crippen molar-refractivity contribution in [1.29, 1.82) is 0 Å². The van der Waals surface area contributed by atoms with Crippen molar-refractivity contribution in [3.63, 3.8) is 0 Å². The number of carbonyl (C=O) groups excluding carboxylic acids is 2. The fourth-order valence-electron chi connectivity index (χ4n) is 4.28. The van der Waals surface area contributed by atoms with E-state index in [4.69, 9.17) is 0 Å². The highest BCUT2D eigenvalue weighted by Crippen LogP contribution is 2.27. The van der Waals surface area contributed by atoms with E-state index in [1.807, 2.05) is 37.3 Å². The van der Waals surface area contributed by atoms with Crippen LogP contribution in [0.1, 0.15) is 28.9 Å². The van der Waals surface area contributed by atoms with Crippen LogP contribution in [0, 0.1) is 5.82 Å². The van der Waals surface area contributed by atoms with E-state index in [1.54, 1.807) is 49.8 Å². The normalized spacial score (nSPS) is 11.8. The van der Waals surface area contributed by atoms with Gasteiger partial charge in [-0.15, -0.1) is 0 Å². The quantitative estimate of drug-likeness (QED) is 0.227. The predicted octanol–water partition coefficient (Wildman–Crippen LogP) is 5.08. The van der Waals surface area contributed by atoms with Crippen molar-refractivity contribution >= 4 is 28.3 Å². The summed E-state index contributed by atoms with van der Waals surface area (Å²) in [6, 6.07) is 20.6. The first-order valence-corrected chi connectivity index (χ1v) is 12.5. The molecule has 9 heteroatoms. The Kier molecular flexibility index (Phi) is 7.42. The van der Waals surface area contributed by atoms with Crippen LogP contribution in [0.4, 0.5) is 10.1 Å². The maximum Gasteiger partial charge on any atom is 0.251 e. The van der Waals surface area contributed by atoms with Crippen LogP contribution in [-0.4, -0.2) is 40.4 Å². The van der Waals surface area contributed by atoms with Crippen LogP contribution in [0.3, 0.4) is 0 Å². The first-order valence-electron chi connectivity index (χ1n) is 12.5. The number of halogens is 1. The Morgan fingerprint density at radius 2 is 1.72 bits per heavy atom. The Morgan fingerprint density at radius 3 is 2.49 bits per heavy atom. The summed E-state index contributed by atoms with van der Waals surface area (Å²) in [6.07, 6.45) is 3.47. The number of pyridine rings is 1. The lowest BCUT2D eigenvalue weighted by molar-refractivity contribution is -0.115. The topological polar surface area (TPSA) is 112 Å². The number of fused-ring (bicyclic) bond motifs is 1. The number of carbonyl (C=O) groups is 2. The summed E-state index contributed by atoms with van der Waals surface area (Å²) < 4.78 is 13.3. The number of benzene rings is 3. The van der Waals surface area contributed by atoms with Crippen molar-refractivity contribution in [1.82, 2.24) is 25.6 Å². The van der Waals surface area contributed by atoms with E-state index >= 15 is 0 Å². The second kappa shape index (κ2) is 11.2. The summed E-state index contributed by atoms with van der Waals surface area (Å²) >= 11 is 0. The third kappa shape index (κ3) is 6.00. The van der Waals surface area contributed by atoms with Crippen LogP contribution >= 0.6 is 0 Å². The van der Waals surface area contributed by atoms with E-state index < -0.39 is 0 Å². The van der Waals surface area contributed by atoms with Crippen molar-refractivity contribution in [2.45, 2.75) is 13.0 Å². The maximum atomic E-state index is 13.3. The van der Waals surface area contributed by atoms with Gasteiger partial charge < -0.3 is 20.9 Å². The minimum atomic E-state index is -0.359. The van der Waals surface area contributed by atoms with Crippen LogP contribution in [0.25, 0.3) is 33.5 Å². The molecule has 5 aromatic rings. The molecule has 4 N–H and O–H groups in total. The Balaban J connectivity index is 1.46. The van der Waals surface area contributed by atoms with E-state index in [-0.39, 0.29) is 30.2 Å². The Morgan fingerprint density at radius 1 is 0.949 bits per heavy atom. The summed E-state index contributed by atoms with van der Waals surface area (Å²) in [5.41, 5.74) is 3.59. The van der Waals surface area contributed by atoms with Gasteiger partial charge in [0.15, 0.2) is 5.82 Å². The molecule has 0 aliphatic carbocycles. The average molecular weight is 523 g/mol. The van der Waals surface area contributed by atoms with E-state index in [2.05, 4.69) is 30.9 Å². The number of aromatic amines is 1. The summed E-state index contributed by atoms with van der Waals surface area (Å²) in [6.45, 7) is 1.94. The van der Waals surface area contributed by atoms with E-state index in [9.17, 15) is 14.0 Å². The predicted molar refractivity (Wildman–Crippen MR) is 150 cm³/mol. The number of imidazole rings is 1. The number of aromatic nitrogens is 3. The van der Waals surface area contributed by atoms with Crippen molar-refractivity contribution in [3.8, 4) is 22.8 Å². The molecule has 196 valence electrons. The monoisotopic (exact) mass is 522 g/mol. The lowest BCUT2D eigenvalue weighted by Crippen LogP contribution is -2.27. The Bertz CT molecular complexity index is 1650. The second-order valence-corrected chi connectivity index (χ2v) is 9.19. The molecule has 0 fully saturated rings. The third-order valence-corrected chi connectivity index (χ3v) is 6.29. The summed E-state index contributed by atoms with van der Waals surface area (Å²) in [7, 11) is 1.68. The number of H-pyrrole nitrogens is 1. The number of rotatable bonds is 8. The molecule has 0 saturated carbocycles. The van der Waals surface area contributed by atoms with Crippen LogP contribution in [0.15, 0.2) is 85.2 Å². The molecular weight excluding hydrogens is 495 g/mol. The third-order valence-electron chi connectivity index (χ3n) is 6.29. The van der Waals surface area contributed by atoms with Gasteiger partial charge in [0.05, 0.1) is 24.5 Å². The highest BCUT2D eigenvalue weighted by Gasteiger charge is 2.16. The number of amides is 2. The van der Waals surface area contributed by atoms with Gasteiger partial charge in [0.2, 0.25) is 5.91 Å². The molecule has 39 heavy (non-hydrogen) atoms. The zero-order chi connectivity index (χ0) is 27.4. The summed E-state index contributed by atoms with van der Waals surface area (Å²) in [4.78, 5) is 37.9. The minimum Gasteiger partial charge on any atom is -0.346 e. The summed E-state index contributed by atoms with van der Waals surface area (Å²) in [5.74, 6) is -0.346. The molecule has 0 unspecified atom stereocenters. The highest BCUT2D eigenvalue weighted by atomic mass is 19.1. The summed E-state index contributed by atoms with van der Waals surface area (Å²) in [5, 5.41) is 10.7. The average Bonchev–Trinajstić information content (AvgIpc) is 3.43. The van der Waals surface area contributed by atoms with Gasteiger partial charge in [0.25, 0.3) is 5.91 Å². The van der Waals surface area contributed by atoms with Gasteiger partial charge >= 0.3 is 0 Å². The zero-order valence-electron chi connectivity index (χ0n) is 21.5. The van der Waals surface area contributed by atoms with E-state index in [1.165, 1.54) is 12.1 Å². The fraction of sp³-hybridized carbons (Fsp3) is 0.133. The fourth-order valence-corrected chi connectivity index (χ4v) is 4.28. The molecule has 2 aromatic heterocycles. The van der Waals surface area contributed by atoms with Gasteiger partial charge in [-0.2, -0.15) is 0 Å². The molecule has 3 aromatic carbocycles. The first-order chi connectivity index (χ1) is 18.9. The van der Waals surface area contributed by atoms with Gasteiger partial charge in [0.1, 0.15) is 11.5 Å². The maximum absolute atomic E-state index is 13.3. The molecule has 0 aliphatic rings. The molecule has 0 aliphatic heterocycles. The van der Waals surface area contributed by atoms with Crippen molar-refractivity contribution < 1.29 is 14.0 Å². The van der Waals surface area contributed by atoms with Gasteiger partial charge in [0, 0.05) is 28.4 Å². The molecular formula is C30H27FN6O2. The minimum absolute atomic E-state index is 0.120. The molecule has 2 heterocycles. The van der Waals surface area contributed by atoms with Gasteiger partial charge in [-0.25, -0.2) is 9.37 Å². The van der Waals surface area contributed by atoms with Crippen molar-refractivity contribution in [3.05, 3.63) is 102 Å². The molecule has 5 rings (SSSR count). The first kappa shape index (κ1) is 25.7. The number of nitrogens with one attached hydrogen (secondary N) is 4. The van der Waals surface area contributed by atoms with E-state index in [0.29, 0.717) is 34.0 Å². The molecule has 1 atom stereocenters. The number of hydrogen-bond acceptors (Lipinski definition) is 5. The van der Waals surface area contributed by atoms with Crippen LogP contribution in [0.5, 0.6) is 0 Å². The lowest BCUT2D eigenvalue weighted by Gasteiger charge is -2.16. The van der Waals surface area contributed by atoms with Crippen molar-refractivity contribution in [2.75, 3.05) is 18.9 Å². The Labute approximate surface area is 224 Å². The van der Waals surface area contributed by atoms with Crippen LogP contribution in [0.2, 0.25) is 0 Å². The Hall–Kier alpha value is -4.89. The van der Waals surface area contributed by atoms with Gasteiger partial charge in [-0.05, 0) is 61.3 Å². The molecule has 0 spiro atoms. The van der Waals surface area contributed by atoms with Crippen LogP contribution < -0.4 is 16.0 Å². The lowest BCUT2D eigenvalue weighted by atomic mass is 10.0. The molecule has 0 radical (unpaired) electrons. The standard InChI is InChI=1S/C30H27FN6O2/c1-18(19-7-9-24(31)10-8-19)35-30(39)23-11-22(12-25(13-23)36-28(38)17-32-2)27-16-34-29(37-27)26-14-20-5-3-4-6-21(20)15-33-26/h3-16,18,32H,17H2,1-2H3,(H,34,37)(H,35,39)(H,36,38)/t18-/m1/s1. The molecule has 0 bridgehead atoms.